The minimum Gasteiger partial charge on any atom is -0.394 e. The van der Waals surface area contributed by atoms with Gasteiger partial charge in [-0.1, -0.05) is 60.7 Å². The normalized spacial score (nSPS) is 11.7. The van der Waals surface area contributed by atoms with E-state index in [0.29, 0.717) is 16.8 Å². The second-order valence-corrected chi connectivity index (χ2v) is 5.77. The van der Waals surface area contributed by atoms with Crippen LogP contribution in [0.4, 0.5) is 0 Å². The van der Waals surface area contributed by atoms with Crippen molar-refractivity contribution < 1.29 is 10.2 Å². The zero-order valence-electron chi connectivity index (χ0n) is 13.9. The SMILES string of the molecule is N#Cc1c(-c2ccccc2)c(-c2ccccc2)nn(C[C@@H](O)CO)c1=O. The number of benzene rings is 2. The molecule has 0 aliphatic rings. The van der Waals surface area contributed by atoms with Gasteiger partial charge in [0.25, 0.3) is 5.56 Å². The number of aliphatic hydroxyl groups is 2. The lowest BCUT2D eigenvalue weighted by Gasteiger charge is -2.16. The van der Waals surface area contributed by atoms with E-state index >= 15 is 0 Å². The smallest absolute Gasteiger partial charge is 0.285 e. The van der Waals surface area contributed by atoms with Gasteiger partial charge in [0.2, 0.25) is 0 Å². The summed E-state index contributed by atoms with van der Waals surface area (Å²) in [5, 5.41) is 32.8. The molecule has 0 unspecified atom stereocenters. The van der Waals surface area contributed by atoms with E-state index in [1.165, 1.54) is 0 Å². The van der Waals surface area contributed by atoms with Crippen molar-refractivity contribution in [3.8, 4) is 28.5 Å². The fourth-order valence-corrected chi connectivity index (χ4v) is 2.74. The minimum atomic E-state index is -1.14. The molecule has 0 radical (unpaired) electrons. The molecule has 0 amide bonds. The van der Waals surface area contributed by atoms with Crippen molar-refractivity contribution >= 4 is 0 Å². The van der Waals surface area contributed by atoms with E-state index in [1.807, 2.05) is 66.7 Å². The first-order valence-corrected chi connectivity index (χ1v) is 8.10. The first-order valence-electron chi connectivity index (χ1n) is 8.10. The van der Waals surface area contributed by atoms with Gasteiger partial charge in [0.15, 0.2) is 0 Å². The molecule has 6 heteroatoms. The maximum absolute atomic E-state index is 12.7. The Hall–Kier alpha value is -3.27. The van der Waals surface area contributed by atoms with Crippen LogP contribution in [0.2, 0.25) is 0 Å². The molecule has 0 bridgehead atoms. The van der Waals surface area contributed by atoms with Crippen molar-refractivity contribution in [2.45, 2.75) is 12.6 Å². The predicted molar refractivity (Wildman–Crippen MR) is 97.2 cm³/mol. The van der Waals surface area contributed by atoms with E-state index in [2.05, 4.69) is 5.10 Å². The van der Waals surface area contributed by atoms with Crippen LogP contribution in [-0.2, 0) is 6.54 Å². The van der Waals surface area contributed by atoms with Crippen molar-refractivity contribution in [3.05, 3.63) is 76.6 Å². The Bertz CT molecular complexity index is 993. The summed E-state index contributed by atoms with van der Waals surface area (Å²) in [5.74, 6) is 0. The van der Waals surface area contributed by atoms with Crippen molar-refractivity contribution in [2.75, 3.05) is 6.61 Å². The van der Waals surface area contributed by atoms with Gasteiger partial charge in [0.1, 0.15) is 17.3 Å². The lowest BCUT2D eigenvalue weighted by molar-refractivity contribution is 0.0770. The van der Waals surface area contributed by atoms with Gasteiger partial charge in [-0.3, -0.25) is 4.79 Å². The molecule has 1 heterocycles. The maximum Gasteiger partial charge on any atom is 0.285 e. The van der Waals surface area contributed by atoms with Crippen molar-refractivity contribution in [1.82, 2.24) is 9.78 Å². The minimum absolute atomic E-state index is 0.0461. The highest BCUT2D eigenvalue weighted by Crippen LogP contribution is 2.31. The number of aromatic nitrogens is 2. The van der Waals surface area contributed by atoms with E-state index in [9.17, 15) is 15.2 Å². The van der Waals surface area contributed by atoms with Gasteiger partial charge < -0.3 is 10.2 Å². The van der Waals surface area contributed by atoms with Gasteiger partial charge in [0.05, 0.1) is 19.3 Å². The fraction of sp³-hybridized carbons (Fsp3) is 0.150. The topological polar surface area (TPSA) is 99.1 Å². The molecule has 1 aromatic heterocycles. The molecule has 1 atom stereocenters. The Morgan fingerprint density at radius 3 is 2.15 bits per heavy atom. The van der Waals surface area contributed by atoms with Gasteiger partial charge >= 0.3 is 0 Å². The summed E-state index contributed by atoms with van der Waals surface area (Å²) in [6.07, 6.45) is -1.14. The van der Waals surface area contributed by atoms with Crippen LogP contribution in [0.25, 0.3) is 22.4 Å². The van der Waals surface area contributed by atoms with Crippen LogP contribution in [0.1, 0.15) is 5.56 Å². The zero-order chi connectivity index (χ0) is 18.5. The molecule has 0 saturated carbocycles. The largest absolute Gasteiger partial charge is 0.394 e. The molecule has 3 rings (SSSR count). The fourth-order valence-electron chi connectivity index (χ4n) is 2.74. The average Bonchev–Trinajstić information content (AvgIpc) is 2.70. The van der Waals surface area contributed by atoms with Crippen LogP contribution in [0.15, 0.2) is 65.5 Å². The molecule has 0 aliphatic carbocycles. The molecule has 0 saturated heterocycles. The summed E-state index contributed by atoms with van der Waals surface area (Å²) in [4.78, 5) is 12.7. The van der Waals surface area contributed by atoms with E-state index in [-0.39, 0.29) is 12.1 Å². The summed E-state index contributed by atoms with van der Waals surface area (Å²) in [7, 11) is 0. The van der Waals surface area contributed by atoms with Crippen LogP contribution < -0.4 is 5.56 Å². The van der Waals surface area contributed by atoms with Crippen molar-refractivity contribution in [2.24, 2.45) is 0 Å². The summed E-state index contributed by atoms with van der Waals surface area (Å²) in [6, 6.07) is 20.4. The number of nitriles is 1. The van der Waals surface area contributed by atoms with E-state index in [4.69, 9.17) is 5.11 Å². The first kappa shape index (κ1) is 17.5. The molecule has 0 spiro atoms. The van der Waals surface area contributed by atoms with Crippen LogP contribution in [0, 0.1) is 11.3 Å². The third-order valence-electron chi connectivity index (χ3n) is 3.97. The Balaban J connectivity index is 2.34. The average molecular weight is 347 g/mol. The highest BCUT2D eigenvalue weighted by atomic mass is 16.3. The number of hydrogen-bond donors (Lipinski definition) is 2. The molecule has 130 valence electrons. The van der Waals surface area contributed by atoms with Gasteiger partial charge in [-0.15, -0.1) is 0 Å². The quantitative estimate of drug-likeness (QED) is 0.733. The number of aliphatic hydroxyl groups excluding tert-OH is 2. The Kier molecular flexibility index (Phi) is 5.23. The Morgan fingerprint density at radius 2 is 1.62 bits per heavy atom. The lowest BCUT2D eigenvalue weighted by Crippen LogP contribution is -2.32. The molecule has 26 heavy (non-hydrogen) atoms. The van der Waals surface area contributed by atoms with Crippen LogP contribution in [-0.4, -0.2) is 32.7 Å². The number of rotatable bonds is 5. The second kappa shape index (κ2) is 7.74. The molecule has 0 aliphatic heterocycles. The van der Waals surface area contributed by atoms with Crippen molar-refractivity contribution in [1.29, 1.82) is 5.26 Å². The highest BCUT2D eigenvalue weighted by molar-refractivity contribution is 5.84. The Morgan fingerprint density at radius 1 is 1.04 bits per heavy atom. The zero-order valence-corrected chi connectivity index (χ0v) is 13.9. The lowest BCUT2D eigenvalue weighted by atomic mass is 9.96. The molecule has 2 aromatic carbocycles. The van der Waals surface area contributed by atoms with Crippen LogP contribution >= 0.6 is 0 Å². The molecular weight excluding hydrogens is 330 g/mol. The van der Waals surface area contributed by atoms with Gasteiger partial charge in [-0.05, 0) is 5.56 Å². The summed E-state index contributed by atoms with van der Waals surface area (Å²) in [5.41, 5.74) is 1.74. The third kappa shape index (κ3) is 3.40. The van der Waals surface area contributed by atoms with E-state index in [1.54, 1.807) is 0 Å². The predicted octanol–water partition coefficient (Wildman–Crippen LogP) is 1.80. The number of nitrogens with zero attached hydrogens (tertiary/aromatic N) is 3. The maximum atomic E-state index is 12.7. The van der Waals surface area contributed by atoms with Crippen LogP contribution in [0.5, 0.6) is 0 Å². The first-order chi connectivity index (χ1) is 12.7. The van der Waals surface area contributed by atoms with Gasteiger partial charge in [0, 0.05) is 11.1 Å². The molecule has 2 N–H and O–H groups in total. The number of hydrogen-bond acceptors (Lipinski definition) is 5. The molecule has 0 fully saturated rings. The summed E-state index contributed by atoms with van der Waals surface area (Å²) >= 11 is 0. The summed E-state index contributed by atoms with van der Waals surface area (Å²) in [6.45, 7) is -0.698. The van der Waals surface area contributed by atoms with Crippen LogP contribution in [0.3, 0.4) is 0 Å². The monoisotopic (exact) mass is 347 g/mol. The molecular formula is C20H17N3O3. The van der Waals surface area contributed by atoms with Gasteiger partial charge in [-0.2, -0.15) is 10.4 Å². The highest BCUT2D eigenvalue weighted by Gasteiger charge is 2.21. The standard InChI is InChI=1S/C20H17N3O3/c21-11-17-18(14-7-3-1-4-8-14)19(15-9-5-2-6-10-15)22-23(20(17)26)12-16(25)13-24/h1-10,16,24-25H,12-13H2/t16-/m1/s1. The molecule has 3 aromatic rings. The van der Waals surface area contributed by atoms with E-state index in [0.717, 1.165) is 10.2 Å². The Labute approximate surface area is 150 Å². The summed E-state index contributed by atoms with van der Waals surface area (Å²) < 4.78 is 1.04. The van der Waals surface area contributed by atoms with E-state index < -0.39 is 18.3 Å². The van der Waals surface area contributed by atoms with Gasteiger partial charge in [-0.25, -0.2) is 4.68 Å². The van der Waals surface area contributed by atoms with Crippen molar-refractivity contribution in [3.63, 3.8) is 0 Å². The third-order valence-corrected chi connectivity index (χ3v) is 3.97. The second-order valence-electron chi connectivity index (χ2n) is 5.77. The molecule has 6 nitrogen and oxygen atoms in total.